The Morgan fingerprint density at radius 1 is 1.32 bits per heavy atom. The van der Waals surface area contributed by atoms with Crippen LogP contribution in [0.5, 0.6) is 0 Å². The lowest BCUT2D eigenvalue weighted by atomic mass is 10.3. The number of thiophene rings is 1. The maximum Gasteiger partial charge on any atom is 0.234 e. The second kappa shape index (κ2) is 7.79. The number of aryl methyl sites for hydroxylation is 1. The van der Waals surface area contributed by atoms with E-state index in [4.69, 9.17) is 0 Å². The van der Waals surface area contributed by atoms with Crippen molar-refractivity contribution in [2.45, 2.75) is 25.5 Å². The molecule has 0 spiro atoms. The van der Waals surface area contributed by atoms with Gasteiger partial charge in [-0.15, -0.1) is 21.5 Å². The Bertz CT molecular complexity index is 873. The van der Waals surface area contributed by atoms with Crippen LogP contribution in [0.15, 0.2) is 40.9 Å². The van der Waals surface area contributed by atoms with E-state index in [1.807, 2.05) is 11.5 Å². The molecule has 130 valence electrons. The number of anilines is 1. The molecule has 8 heteroatoms. The lowest BCUT2D eigenvalue weighted by Crippen LogP contribution is -2.14. The Labute approximate surface area is 153 Å². The maximum absolute atomic E-state index is 12.9. The summed E-state index contributed by atoms with van der Waals surface area (Å²) in [5.74, 6) is 0.515. The summed E-state index contributed by atoms with van der Waals surface area (Å²) in [5, 5.41) is 14.0. The second-order valence-corrected chi connectivity index (χ2v) is 7.40. The lowest BCUT2D eigenvalue weighted by Gasteiger charge is -2.07. The molecule has 0 aliphatic heterocycles. The van der Waals surface area contributed by atoms with Crippen molar-refractivity contribution < 1.29 is 9.18 Å². The molecule has 25 heavy (non-hydrogen) atoms. The number of hydrogen-bond acceptors (Lipinski definition) is 5. The molecule has 0 unspecified atom stereocenters. The van der Waals surface area contributed by atoms with Crippen LogP contribution in [0.1, 0.15) is 11.8 Å². The number of amides is 1. The quantitative estimate of drug-likeness (QED) is 0.655. The van der Waals surface area contributed by atoms with Gasteiger partial charge in [-0.1, -0.05) is 11.8 Å². The number of nitrogens with one attached hydrogen (secondary N) is 1. The van der Waals surface area contributed by atoms with Gasteiger partial charge in [0, 0.05) is 28.1 Å². The first-order valence-corrected chi connectivity index (χ1v) is 9.60. The first-order valence-electron chi connectivity index (χ1n) is 7.73. The van der Waals surface area contributed by atoms with Gasteiger partial charge in [-0.05, 0) is 44.2 Å². The van der Waals surface area contributed by atoms with Gasteiger partial charge in [-0.3, -0.25) is 4.79 Å². The normalized spacial score (nSPS) is 10.8. The molecular formula is C17H17FN4OS2. The fourth-order valence-corrected chi connectivity index (χ4v) is 3.80. The van der Waals surface area contributed by atoms with Gasteiger partial charge < -0.3 is 9.88 Å². The predicted octanol–water partition coefficient (Wildman–Crippen LogP) is 4.20. The third-order valence-corrected chi connectivity index (χ3v) is 5.31. The number of halogens is 1. The molecule has 1 N–H and O–H groups in total. The number of aromatic nitrogens is 3. The average molecular weight is 376 g/mol. The molecule has 3 aromatic rings. The molecule has 0 bridgehead atoms. The van der Waals surface area contributed by atoms with Crippen LogP contribution >= 0.6 is 23.1 Å². The zero-order valence-corrected chi connectivity index (χ0v) is 15.5. The standard InChI is InChI=1S/C17H17FN4OS2/c1-3-22-16(12-8-11(2)24-9-12)20-21-17(22)25-10-15(23)19-14-6-4-13(18)5-7-14/h4-9H,3,10H2,1-2H3,(H,19,23). The fraction of sp³-hybridized carbons (Fsp3) is 0.235. The number of carbonyl (C=O) groups is 1. The molecule has 2 heterocycles. The van der Waals surface area contributed by atoms with Crippen molar-refractivity contribution >= 4 is 34.7 Å². The Kier molecular flexibility index (Phi) is 5.50. The number of benzene rings is 1. The molecule has 1 aromatic carbocycles. The van der Waals surface area contributed by atoms with Crippen molar-refractivity contribution in [1.29, 1.82) is 0 Å². The maximum atomic E-state index is 12.9. The smallest absolute Gasteiger partial charge is 0.234 e. The van der Waals surface area contributed by atoms with Gasteiger partial charge in [-0.2, -0.15) is 0 Å². The Hall–Kier alpha value is -2.19. The van der Waals surface area contributed by atoms with Gasteiger partial charge in [0.25, 0.3) is 0 Å². The van der Waals surface area contributed by atoms with E-state index < -0.39 is 0 Å². The van der Waals surface area contributed by atoms with Crippen molar-refractivity contribution in [2.24, 2.45) is 0 Å². The summed E-state index contributed by atoms with van der Waals surface area (Å²) in [5.41, 5.74) is 1.61. The molecule has 0 saturated carbocycles. The van der Waals surface area contributed by atoms with Crippen LogP contribution in [0.3, 0.4) is 0 Å². The summed E-state index contributed by atoms with van der Waals surface area (Å²) < 4.78 is 14.9. The number of rotatable bonds is 6. The fourth-order valence-electron chi connectivity index (χ4n) is 2.32. The SMILES string of the molecule is CCn1c(SCC(=O)Nc2ccc(F)cc2)nnc1-c1csc(C)c1. The van der Waals surface area contributed by atoms with Gasteiger partial charge in [-0.25, -0.2) is 4.39 Å². The molecule has 2 aromatic heterocycles. The van der Waals surface area contributed by atoms with Gasteiger partial charge in [0.15, 0.2) is 11.0 Å². The van der Waals surface area contributed by atoms with Crippen LogP contribution in [0.25, 0.3) is 11.4 Å². The Morgan fingerprint density at radius 2 is 2.08 bits per heavy atom. The summed E-state index contributed by atoms with van der Waals surface area (Å²) in [6.45, 7) is 4.80. The van der Waals surface area contributed by atoms with Crippen LogP contribution in [0, 0.1) is 12.7 Å². The van der Waals surface area contributed by atoms with Crippen molar-refractivity contribution in [3.63, 3.8) is 0 Å². The molecule has 0 radical (unpaired) electrons. The van der Waals surface area contributed by atoms with Crippen LogP contribution in [-0.2, 0) is 11.3 Å². The molecule has 0 saturated heterocycles. The van der Waals surface area contributed by atoms with Crippen molar-refractivity contribution in [1.82, 2.24) is 14.8 Å². The molecule has 5 nitrogen and oxygen atoms in total. The minimum Gasteiger partial charge on any atom is -0.325 e. The summed E-state index contributed by atoms with van der Waals surface area (Å²) in [7, 11) is 0. The van der Waals surface area contributed by atoms with Crippen LogP contribution < -0.4 is 5.32 Å². The largest absolute Gasteiger partial charge is 0.325 e. The summed E-state index contributed by atoms with van der Waals surface area (Å²) >= 11 is 3.00. The average Bonchev–Trinajstić information content (AvgIpc) is 3.20. The van der Waals surface area contributed by atoms with Crippen molar-refractivity contribution in [3.05, 3.63) is 46.4 Å². The van der Waals surface area contributed by atoms with Crippen molar-refractivity contribution in [2.75, 3.05) is 11.1 Å². The third-order valence-electron chi connectivity index (χ3n) is 3.48. The summed E-state index contributed by atoms with van der Waals surface area (Å²) in [4.78, 5) is 13.3. The highest BCUT2D eigenvalue weighted by Crippen LogP contribution is 2.27. The van der Waals surface area contributed by atoms with Gasteiger partial charge >= 0.3 is 0 Å². The van der Waals surface area contributed by atoms with Crippen molar-refractivity contribution in [3.8, 4) is 11.4 Å². The van der Waals surface area contributed by atoms with Gasteiger partial charge in [0.2, 0.25) is 5.91 Å². The molecule has 0 atom stereocenters. The highest BCUT2D eigenvalue weighted by molar-refractivity contribution is 7.99. The molecule has 1 amide bonds. The molecule has 0 aliphatic carbocycles. The minimum absolute atomic E-state index is 0.171. The number of nitrogens with zero attached hydrogens (tertiary/aromatic N) is 3. The van der Waals surface area contributed by atoms with Crippen LogP contribution in [0.4, 0.5) is 10.1 Å². The van der Waals surface area contributed by atoms with E-state index in [1.54, 1.807) is 11.3 Å². The lowest BCUT2D eigenvalue weighted by molar-refractivity contribution is -0.113. The van der Waals surface area contributed by atoms with E-state index in [0.29, 0.717) is 10.8 Å². The van der Waals surface area contributed by atoms with E-state index in [9.17, 15) is 9.18 Å². The Morgan fingerprint density at radius 3 is 2.72 bits per heavy atom. The zero-order chi connectivity index (χ0) is 17.8. The first kappa shape index (κ1) is 17.6. The summed E-state index contributed by atoms with van der Waals surface area (Å²) in [6, 6.07) is 7.76. The molecule has 0 aliphatic rings. The zero-order valence-electron chi connectivity index (χ0n) is 13.8. The monoisotopic (exact) mass is 376 g/mol. The number of hydrogen-bond donors (Lipinski definition) is 1. The predicted molar refractivity (Wildman–Crippen MR) is 99.5 cm³/mol. The van der Waals surface area contributed by atoms with E-state index in [0.717, 1.165) is 17.9 Å². The number of thioether (sulfide) groups is 1. The molecular weight excluding hydrogens is 359 g/mol. The second-order valence-electron chi connectivity index (χ2n) is 5.34. The molecule has 3 rings (SSSR count). The van der Waals surface area contributed by atoms with Crippen LogP contribution in [-0.4, -0.2) is 26.4 Å². The minimum atomic E-state index is -0.334. The topological polar surface area (TPSA) is 59.8 Å². The highest BCUT2D eigenvalue weighted by Gasteiger charge is 2.15. The van der Waals surface area contributed by atoms with E-state index in [1.165, 1.54) is 40.9 Å². The van der Waals surface area contributed by atoms with Gasteiger partial charge in [0.1, 0.15) is 5.82 Å². The summed E-state index contributed by atoms with van der Waals surface area (Å²) in [6.07, 6.45) is 0. The van der Waals surface area contributed by atoms with Gasteiger partial charge in [0.05, 0.1) is 5.75 Å². The molecule has 0 fully saturated rings. The van der Waals surface area contributed by atoms with E-state index >= 15 is 0 Å². The highest BCUT2D eigenvalue weighted by atomic mass is 32.2. The number of carbonyl (C=O) groups excluding carboxylic acids is 1. The third kappa shape index (κ3) is 4.26. The first-order chi connectivity index (χ1) is 12.1. The Balaban J connectivity index is 1.66. The van der Waals surface area contributed by atoms with Crippen LogP contribution in [0.2, 0.25) is 0 Å². The van der Waals surface area contributed by atoms with E-state index in [-0.39, 0.29) is 17.5 Å². The van der Waals surface area contributed by atoms with E-state index in [2.05, 4.69) is 33.9 Å².